The van der Waals surface area contributed by atoms with Gasteiger partial charge in [0.2, 0.25) is 0 Å². The molecule has 26 heavy (non-hydrogen) atoms. The molecule has 0 bridgehead atoms. The number of hydrogen-bond acceptors (Lipinski definition) is 5. The number of rotatable bonds is 7. The second kappa shape index (κ2) is 8.49. The fourth-order valence-corrected chi connectivity index (χ4v) is 3.36. The molecule has 0 aliphatic carbocycles. The molecule has 5 nitrogen and oxygen atoms in total. The highest BCUT2D eigenvalue weighted by Gasteiger charge is 2.12. The molecular weight excluding hydrogens is 348 g/mol. The van der Waals surface area contributed by atoms with Crippen LogP contribution >= 0.6 is 11.3 Å². The average molecular weight is 368 g/mol. The van der Waals surface area contributed by atoms with E-state index < -0.39 is 0 Å². The molecule has 0 aliphatic rings. The Morgan fingerprint density at radius 1 is 1.08 bits per heavy atom. The van der Waals surface area contributed by atoms with E-state index in [2.05, 4.69) is 10.3 Å². The molecule has 0 radical (unpaired) electrons. The number of benzene rings is 2. The summed E-state index contributed by atoms with van der Waals surface area (Å²) in [6.07, 6.45) is 0.700. The van der Waals surface area contributed by atoms with Crippen molar-refractivity contribution in [3.05, 3.63) is 65.2 Å². The van der Waals surface area contributed by atoms with Crippen molar-refractivity contribution in [2.75, 3.05) is 20.8 Å². The molecular formula is C20H20N2O3S. The molecule has 3 aromatic rings. The first-order valence-corrected chi connectivity index (χ1v) is 9.09. The number of carbonyl (C=O) groups excluding carboxylic acids is 1. The number of carbonyl (C=O) groups is 1. The number of aromatic nitrogens is 1. The van der Waals surface area contributed by atoms with Gasteiger partial charge in [-0.25, -0.2) is 4.98 Å². The molecule has 2 aromatic carbocycles. The largest absolute Gasteiger partial charge is 0.497 e. The zero-order chi connectivity index (χ0) is 18.4. The van der Waals surface area contributed by atoms with Gasteiger partial charge in [0, 0.05) is 17.5 Å². The Hall–Kier alpha value is -2.86. The lowest BCUT2D eigenvalue weighted by molar-refractivity contribution is 0.0950. The number of thiazole rings is 1. The average Bonchev–Trinajstić information content (AvgIpc) is 3.18. The molecule has 0 spiro atoms. The molecule has 1 aromatic heterocycles. The smallest absolute Gasteiger partial charge is 0.270 e. The van der Waals surface area contributed by atoms with Gasteiger partial charge in [0.05, 0.1) is 14.2 Å². The molecule has 0 saturated carbocycles. The normalized spacial score (nSPS) is 10.4. The summed E-state index contributed by atoms with van der Waals surface area (Å²) in [5.74, 6) is 1.45. The van der Waals surface area contributed by atoms with Gasteiger partial charge in [0.25, 0.3) is 5.91 Å². The number of nitrogens with zero attached hydrogens (tertiary/aromatic N) is 1. The van der Waals surface area contributed by atoms with E-state index in [9.17, 15) is 4.79 Å². The number of nitrogens with one attached hydrogen (secondary N) is 1. The molecule has 0 fully saturated rings. The highest BCUT2D eigenvalue weighted by molar-refractivity contribution is 7.13. The summed E-state index contributed by atoms with van der Waals surface area (Å²) in [7, 11) is 3.28. The van der Waals surface area contributed by atoms with Crippen LogP contribution in [0.2, 0.25) is 0 Å². The van der Waals surface area contributed by atoms with E-state index in [1.54, 1.807) is 19.6 Å². The van der Waals surface area contributed by atoms with Crippen LogP contribution in [-0.2, 0) is 6.42 Å². The van der Waals surface area contributed by atoms with Crippen molar-refractivity contribution in [2.45, 2.75) is 6.42 Å². The number of ether oxygens (including phenoxy) is 2. The zero-order valence-electron chi connectivity index (χ0n) is 14.7. The Morgan fingerprint density at radius 3 is 2.58 bits per heavy atom. The molecule has 0 atom stereocenters. The van der Waals surface area contributed by atoms with Gasteiger partial charge in [0.15, 0.2) is 0 Å². The Balaban J connectivity index is 1.59. The summed E-state index contributed by atoms with van der Waals surface area (Å²) in [5.41, 5.74) is 2.46. The van der Waals surface area contributed by atoms with E-state index in [1.165, 1.54) is 11.3 Å². The standard InChI is InChI=1S/C20H20N2O3S/c1-24-16-9-7-15(8-10-16)20-22-17(13-26-20)19(23)21-12-11-14-5-3-4-6-18(14)25-2/h3-10,13H,11-12H2,1-2H3,(H,21,23). The minimum atomic E-state index is -0.170. The first-order valence-electron chi connectivity index (χ1n) is 8.21. The van der Waals surface area contributed by atoms with Gasteiger partial charge >= 0.3 is 0 Å². The topological polar surface area (TPSA) is 60.5 Å². The van der Waals surface area contributed by atoms with Crippen LogP contribution in [-0.4, -0.2) is 31.7 Å². The van der Waals surface area contributed by atoms with Crippen LogP contribution in [0.15, 0.2) is 53.9 Å². The number of hydrogen-bond donors (Lipinski definition) is 1. The third kappa shape index (κ3) is 4.21. The van der Waals surface area contributed by atoms with E-state index in [4.69, 9.17) is 9.47 Å². The van der Waals surface area contributed by atoms with Gasteiger partial charge in [-0.05, 0) is 42.3 Å². The van der Waals surface area contributed by atoms with Crippen molar-refractivity contribution in [1.82, 2.24) is 10.3 Å². The summed E-state index contributed by atoms with van der Waals surface area (Å²) < 4.78 is 10.5. The fourth-order valence-electron chi connectivity index (χ4n) is 2.55. The van der Waals surface area contributed by atoms with Crippen molar-refractivity contribution in [3.63, 3.8) is 0 Å². The monoisotopic (exact) mass is 368 g/mol. The molecule has 1 amide bonds. The molecule has 1 N–H and O–H groups in total. The second-order valence-electron chi connectivity index (χ2n) is 5.58. The number of para-hydroxylation sites is 1. The summed E-state index contributed by atoms with van der Waals surface area (Å²) in [4.78, 5) is 16.8. The summed E-state index contributed by atoms with van der Waals surface area (Å²) in [6.45, 7) is 0.522. The van der Waals surface area contributed by atoms with Gasteiger partial charge in [-0.3, -0.25) is 4.79 Å². The summed E-state index contributed by atoms with van der Waals surface area (Å²) in [5, 5.41) is 5.50. The first-order chi connectivity index (χ1) is 12.7. The van der Waals surface area contributed by atoms with Gasteiger partial charge in [-0.1, -0.05) is 18.2 Å². The van der Waals surface area contributed by atoms with Gasteiger partial charge in [0.1, 0.15) is 22.2 Å². The second-order valence-corrected chi connectivity index (χ2v) is 6.44. The lowest BCUT2D eigenvalue weighted by Crippen LogP contribution is -2.26. The van der Waals surface area contributed by atoms with Crippen LogP contribution in [0.25, 0.3) is 10.6 Å². The van der Waals surface area contributed by atoms with Crippen molar-refractivity contribution >= 4 is 17.2 Å². The van der Waals surface area contributed by atoms with Crippen LogP contribution in [0.3, 0.4) is 0 Å². The predicted octanol–water partition coefficient (Wildman–Crippen LogP) is 3.80. The quantitative estimate of drug-likeness (QED) is 0.689. The van der Waals surface area contributed by atoms with Crippen molar-refractivity contribution in [2.24, 2.45) is 0 Å². The number of methoxy groups -OCH3 is 2. The van der Waals surface area contributed by atoms with Crippen LogP contribution in [0.5, 0.6) is 11.5 Å². The van der Waals surface area contributed by atoms with Gasteiger partial charge in [-0.15, -0.1) is 11.3 Å². The Labute approximate surface area is 156 Å². The van der Waals surface area contributed by atoms with E-state index >= 15 is 0 Å². The van der Waals surface area contributed by atoms with E-state index in [-0.39, 0.29) is 5.91 Å². The van der Waals surface area contributed by atoms with E-state index in [1.807, 2.05) is 48.5 Å². The highest BCUT2D eigenvalue weighted by Crippen LogP contribution is 2.25. The maximum absolute atomic E-state index is 12.3. The molecule has 134 valence electrons. The Morgan fingerprint density at radius 2 is 1.85 bits per heavy atom. The third-order valence-electron chi connectivity index (χ3n) is 3.95. The summed E-state index contributed by atoms with van der Waals surface area (Å²) >= 11 is 1.45. The molecule has 0 saturated heterocycles. The lowest BCUT2D eigenvalue weighted by atomic mass is 10.1. The van der Waals surface area contributed by atoms with Crippen LogP contribution in [0.1, 0.15) is 16.1 Å². The van der Waals surface area contributed by atoms with Crippen LogP contribution in [0, 0.1) is 0 Å². The predicted molar refractivity (Wildman–Crippen MR) is 103 cm³/mol. The minimum Gasteiger partial charge on any atom is -0.497 e. The third-order valence-corrected chi connectivity index (χ3v) is 4.84. The van der Waals surface area contributed by atoms with Crippen molar-refractivity contribution < 1.29 is 14.3 Å². The molecule has 6 heteroatoms. The first kappa shape index (κ1) is 17.9. The Bertz CT molecular complexity index is 875. The van der Waals surface area contributed by atoms with Crippen molar-refractivity contribution in [1.29, 1.82) is 0 Å². The van der Waals surface area contributed by atoms with Crippen molar-refractivity contribution in [3.8, 4) is 22.1 Å². The van der Waals surface area contributed by atoms with Crippen LogP contribution in [0.4, 0.5) is 0 Å². The maximum atomic E-state index is 12.3. The summed E-state index contributed by atoms with van der Waals surface area (Å²) in [6, 6.07) is 15.4. The maximum Gasteiger partial charge on any atom is 0.270 e. The van der Waals surface area contributed by atoms with Gasteiger partial charge < -0.3 is 14.8 Å². The SMILES string of the molecule is COc1ccc(-c2nc(C(=O)NCCc3ccccc3OC)cs2)cc1. The molecule has 3 rings (SSSR count). The van der Waals surface area contributed by atoms with E-state index in [0.29, 0.717) is 18.7 Å². The molecule has 0 aliphatic heterocycles. The molecule has 0 unspecified atom stereocenters. The number of amides is 1. The fraction of sp³-hybridized carbons (Fsp3) is 0.200. The van der Waals surface area contributed by atoms with Gasteiger partial charge in [-0.2, -0.15) is 0 Å². The van der Waals surface area contributed by atoms with E-state index in [0.717, 1.165) is 27.6 Å². The zero-order valence-corrected chi connectivity index (χ0v) is 15.5. The Kier molecular flexibility index (Phi) is 5.86. The van der Waals surface area contributed by atoms with Crippen LogP contribution < -0.4 is 14.8 Å². The lowest BCUT2D eigenvalue weighted by Gasteiger charge is -2.08. The minimum absolute atomic E-state index is 0.170. The molecule has 1 heterocycles. The highest BCUT2D eigenvalue weighted by atomic mass is 32.1.